The number of alkyl halides is 2. The fraction of sp³-hybridized carbons (Fsp3) is 0.500. The Morgan fingerprint density at radius 3 is 2.66 bits per heavy atom. The van der Waals surface area contributed by atoms with Crippen LogP contribution in [0.3, 0.4) is 0 Å². The molecule has 7 nitrogen and oxygen atoms in total. The Labute approximate surface area is 166 Å². The van der Waals surface area contributed by atoms with E-state index in [9.17, 15) is 13.6 Å². The smallest absolute Gasteiger partial charge is 0.387 e. The lowest BCUT2D eigenvalue weighted by molar-refractivity contribution is -0.0515. The Bertz CT molecular complexity index is 920. The summed E-state index contributed by atoms with van der Waals surface area (Å²) in [5.41, 5.74) is 11.6. The van der Waals surface area contributed by atoms with Gasteiger partial charge in [0.2, 0.25) is 11.7 Å². The van der Waals surface area contributed by atoms with Gasteiger partial charge in [-0.05, 0) is 56.7 Å². The third kappa shape index (κ3) is 4.25. The number of rotatable bonds is 9. The highest BCUT2D eigenvalue weighted by Gasteiger charge is 2.48. The van der Waals surface area contributed by atoms with Crippen molar-refractivity contribution < 1.29 is 27.5 Å². The predicted molar refractivity (Wildman–Crippen MR) is 99.9 cm³/mol. The molecule has 0 spiro atoms. The summed E-state index contributed by atoms with van der Waals surface area (Å²) in [6.07, 6.45) is 3.28. The van der Waals surface area contributed by atoms with Crippen LogP contribution in [0.15, 0.2) is 22.6 Å². The van der Waals surface area contributed by atoms with Crippen molar-refractivity contribution in [3.05, 3.63) is 29.7 Å². The summed E-state index contributed by atoms with van der Waals surface area (Å²) >= 11 is 0. The molecule has 9 heteroatoms. The minimum atomic E-state index is -2.97. The fourth-order valence-corrected chi connectivity index (χ4v) is 2.96. The highest BCUT2D eigenvalue weighted by Crippen LogP contribution is 2.39. The first kappa shape index (κ1) is 19.8. The molecular weight excluding hydrogens is 384 g/mol. The molecule has 4 rings (SSSR count). The maximum absolute atomic E-state index is 12.7. The van der Waals surface area contributed by atoms with Crippen LogP contribution < -0.4 is 20.9 Å². The highest BCUT2D eigenvalue weighted by atomic mass is 19.3. The van der Waals surface area contributed by atoms with Crippen LogP contribution in [0.1, 0.15) is 54.9 Å². The van der Waals surface area contributed by atoms with Crippen LogP contribution in [0.2, 0.25) is 0 Å². The number of ether oxygens (including phenoxy) is 2. The Hall–Kier alpha value is -2.52. The Kier molecular flexibility index (Phi) is 5.04. The molecule has 1 aromatic heterocycles. The van der Waals surface area contributed by atoms with Crippen molar-refractivity contribution in [1.29, 1.82) is 0 Å². The molecule has 0 radical (unpaired) electrons. The average molecular weight is 407 g/mol. The molecule has 156 valence electrons. The molecule has 0 bridgehead atoms. The number of nitrogens with two attached hydrogens (primary N) is 2. The van der Waals surface area contributed by atoms with E-state index in [2.05, 4.69) is 9.72 Å². The molecule has 2 aromatic rings. The van der Waals surface area contributed by atoms with E-state index in [1.807, 2.05) is 0 Å². The molecule has 0 unspecified atom stereocenters. The van der Waals surface area contributed by atoms with Gasteiger partial charge in [-0.2, -0.15) is 8.78 Å². The van der Waals surface area contributed by atoms with Crippen LogP contribution in [-0.2, 0) is 0 Å². The summed E-state index contributed by atoms with van der Waals surface area (Å²) in [7, 11) is 0. The first-order valence-corrected chi connectivity index (χ1v) is 9.59. The van der Waals surface area contributed by atoms with Gasteiger partial charge < -0.3 is 25.4 Å². The molecule has 2 aliphatic rings. The molecule has 0 aliphatic heterocycles. The summed E-state index contributed by atoms with van der Waals surface area (Å²) in [6, 6.07) is 3.83. The Balaban J connectivity index is 1.67. The number of benzene rings is 1. The summed E-state index contributed by atoms with van der Waals surface area (Å²) in [5, 5.41) is 0. The quantitative estimate of drug-likeness (QED) is 0.612. The lowest BCUT2D eigenvalue weighted by Crippen LogP contribution is -2.34. The summed E-state index contributed by atoms with van der Waals surface area (Å²) < 4.78 is 41.4. The van der Waals surface area contributed by atoms with Crippen LogP contribution in [0.4, 0.5) is 8.78 Å². The second kappa shape index (κ2) is 7.38. The number of hydrogen-bond donors (Lipinski definition) is 2. The summed E-state index contributed by atoms with van der Waals surface area (Å²) in [5.74, 6) is 0.606. The topological polar surface area (TPSA) is 114 Å². The van der Waals surface area contributed by atoms with Gasteiger partial charge in [0, 0.05) is 5.56 Å². The highest BCUT2D eigenvalue weighted by molar-refractivity contribution is 6.04. The summed E-state index contributed by atoms with van der Waals surface area (Å²) in [4.78, 5) is 17.0. The molecule has 1 heterocycles. The Morgan fingerprint density at radius 2 is 2.07 bits per heavy atom. The number of nitrogens with zero attached hydrogens (tertiary/aromatic N) is 1. The van der Waals surface area contributed by atoms with Gasteiger partial charge in [-0.15, -0.1) is 0 Å². The van der Waals surface area contributed by atoms with E-state index in [1.165, 1.54) is 18.2 Å². The number of hydrogen-bond acceptors (Lipinski definition) is 7. The largest absolute Gasteiger partial charge is 0.489 e. The van der Waals surface area contributed by atoms with Gasteiger partial charge in [0.05, 0.1) is 18.2 Å². The number of Topliss-reactive ketones (excluding diaryl/α,β-unsaturated/α-hetero) is 1. The number of halogens is 2. The molecule has 2 saturated carbocycles. The van der Waals surface area contributed by atoms with Crippen molar-refractivity contribution in [3.63, 3.8) is 0 Å². The van der Waals surface area contributed by atoms with Crippen molar-refractivity contribution in [2.75, 3.05) is 6.61 Å². The molecule has 1 aromatic carbocycles. The lowest BCUT2D eigenvalue weighted by Gasteiger charge is -2.12. The van der Waals surface area contributed by atoms with E-state index in [0.717, 1.165) is 12.8 Å². The molecule has 4 N–H and O–H groups in total. The van der Waals surface area contributed by atoms with Crippen molar-refractivity contribution >= 4 is 5.78 Å². The molecule has 2 aliphatic carbocycles. The van der Waals surface area contributed by atoms with Gasteiger partial charge in [0.25, 0.3) is 0 Å². The maximum Gasteiger partial charge on any atom is 0.387 e. The maximum atomic E-state index is 12.7. The molecule has 0 amide bonds. The van der Waals surface area contributed by atoms with Crippen molar-refractivity contribution in [2.45, 2.75) is 50.8 Å². The first-order valence-electron chi connectivity index (χ1n) is 9.59. The zero-order valence-electron chi connectivity index (χ0n) is 16.0. The van der Waals surface area contributed by atoms with E-state index in [1.54, 1.807) is 6.92 Å². The monoisotopic (exact) mass is 407 g/mol. The fourth-order valence-electron chi connectivity index (χ4n) is 2.96. The average Bonchev–Trinajstić information content (AvgIpc) is 3.59. The van der Waals surface area contributed by atoms with Crippen LogP contribution in [0.5, 0.6) is 11.5 Å². The predicted octanol–water partition coefficient (Wildman–Crippen LogP) is 3.43. The van der Waals surface area contributed by atoms with Crippen LogP contribution in [-0.4, -0.2) is 29.5 Å². The van der Waals surface area contributed by atoms with E-state index >= 15 is 0 Å². The van der Waals surface area contributed by atoms with Crippen molar-refractivity contribution in [2.24, 2.45) is 17.4 Å². The number of oxazole rings is 1. The third-order valence-corrected chi connectivity index (χ3v) is 5.10. The van der Waals surface area contributed by atoms with Crippen LogP contribution in [0.25, 0.3) is 11.5 Å². The molecule has 1 atom stereocenters. The SMILES string of the molecule is C[C@H](N)c1oc(-c2ccc(OC(F)F)c(OCC3CC3)c2)nc1C(=O)C1(N)CC1. The normalized spacial score (nSPS) is 18.6. The molecule has 0 saturated heterocycles. The van der Waals surface area contributed by atoms with Crippen molar-refractivity contribution in [1.82, 2.24) is 4.98 Å². The number of aromatic nitrogens is 1. The Morgan fingerprint density at radius 1 is 1.34 bits per heavy atom. The van der Waals surface area contributed by atoms with Gasteiger partial charge in [-0.1, -0.05) is 0 Å². The zero-order chi connectivity index (χ0) is 20.8. The third-order valence-electron chi connectivity index (χ3n) is 5.10. The van der Waals surface area contributed by atoms with E-state index in [-0.39, 0.29) is 34.6 Å². The zero-order valence-corrected chi connectivity index (χ0v) is 16.0. The van der Waals surface area contributed by atoms with Crippen molar-refractivity contribution in [3.8, 4) is 23.0 Å². The van der Waals surface area contributed by atoms with Crippen LogP contribution >= 0.6 is 0 Å². The number of ketones is 1. The van der Waals surface area contributed by atoms with Gasteiger partial charge >= 0.3 is 6.61 Å². The summed E-state index contributed by atoms with van der Waals surface area (Å²) in [6.45, 7) is -0.876. The standard InChI is InChI=1S/C20H23F2N3O4/c1-10(23)16-15(17(26)20(24)6-7-20)25-18(29-16)12-4-5-13(28-19(21)22)14(8-12)27-9-11-2-3-11/h4-5,8,10-11,19H,2-3,6-7,9,23-24H2,1H3/t10-/m0/s1. The van der Waals surface area contributed by atoms with E-state index in [4.69, 9.17) is 20.6 Å². The van der Waals surface area contributed by atoms with Gasteiger partial charge in [0.1, 0.15) is 0 Å². The van der Waals surface area contributed by atoms with Crippen LogP contribution in [0, 0.1) is 5.92 Å². The number of carbonyl (C=O) groups is 1. The molecule has 29 heavy (non-hydrogen) atoms. The first-order chi connectivity index (χ1) is 13.8. The second-order valence-corrected chi connectivity index (χ2v) is 7.80. The van der Waals surface area contributed by atoms with E-state index < -0.39 is 18.2 Å². The van der Waals surface area contributed by atoms with Gasteiger partial charge in [0.15, 0.2) is 23.0 Å². The minimum Gasteiger partial charge on any atom is -0.489 e. The lowest BCUT2D eigenvalue weighted by atomic mass is 10.1. The minimum absolute atomic E-state index is 0.0708. The van der Waals surface area contributed by atoms with E-state index in [0.29, 0.717) is 30.9 Å². The number of carbonyl (C=O) groups excluding carboxylic acids is 1. The van der Waals surface area contributed by atoms with Gasteiger partial charge in [-0.3, -0.25) is 4.79 Å². The molecule has 2 fully saturated rings. The van der Waals surface area contributed by atoms with Gasteiger partial charge in [-0.25, -0.2) is 4.98 Å². The molecular formula is C20H23F2N3O4. The second-order valence-electron chi connectivity index (χ2n) is 7.80.